The second-order valence-electron chi connectivity index (χ2n) is 6.55. The average Bonchev–Trinajstić information content (AvgIpc) is 2.74. The third-order valence-electron chi connectivity index (χ3n) is 4.20. The summed E-state index contributed by atoms with van der Waals surface area (Å²) in [6, 6.07) is 12.2. The molecule has 0 fully saturated rings. The van der Waals surface area contributed by atoms with Gasteiger partial charge in [0, 0.05) is 18.2 Å². The number of H-pyrrole nitrogens is 1. The topological polar surface area (TPSA) is 117 Å². The molecule has 0 spiro atoms. The van der Waals surface area contributed by atoms with Crippen LogP contribution in [0, 0.1) is 5.82 Å². The van der Waals surface area contributed by atoms with Gasteiger partial charge in [-0.3, -0.25) is 19.4 Å². The molecule has 0 aliphatic rings. The van der Waals surface area contributed by atoms with E-state index < -0.39 is 16.6 Å². The van der Waals surface area contributed by atoms with Gasteiger partial charge in [-0.25, -0.2) is 4.39 Å². The largest absolute Gasteiger partial charge is 0.326 e. The summed E-state index contributed by atoms with van der Waals surface area (Å²) in [6.45, 7) is 3.19. The van der Waals surface area contributed by atoms with Gasteiger partial charge in [-0.15, -0.1) is 10.2 Å². The van der Waals surface area contributed by atoms with Gasteiger partial charge >= 0.3 is 0 Å². The number of hydrogen-bond donors (Lipinski definition) is 3. The van der Waals surface area contributed by atoms with Crippen LogP contribution in [0.4, 0.5) is 15.8 Å². The molecule has 0 saturated heterocycles. The molecule has 1 unspecified atom stereocenters. The standard InChI is InChI=1S/C21H20FN5O3S/c1-3-17(19(29)24-14-10-8-13(22)9-11-14)31-21-25-20(30)18(26-27-21)15-6-4-5-7-16(15)23-12(2)28/h4-11,17H,3H2,1-2H3,(H,23,28)(H,24,29)(H,25,27,30). The lowest BCUT2D eigenvalue weighted by Crippen LogP contribution is -2.25. The SMILES string of the molecule is CCC(Sc1nnc(-c2ccccc2NC(C)=O)c(=O)[nH]1)C(=O)Nc1ccc(F)cc1. The van der Waals surface area contributed by atoms with Crippen LogP contribution < -0.4 is 16.2 Å². The molecule has 1 heterocycles. The molecule has 0 radical (unpaired) electrons. The lowest BCUT2D eigenvalue weighted by atomic mass is 10.1. The Bertz CT molecular complexity index is 1150. The molecule has 2 amide bonds. The van der Waals surface area contributed by atoms with Gasteiger partial charge in [-0.05, 0) is 36.8 Å². The fraction of sp³-hybridized carbons (Fsp3) is 0.190. The van der Waals surface area contributed by atoms with Crippen LogP contribution in [0.15, 0.2) is 58.5 Å². The molecule has 8 nitrogen and oxygen atoms in total. The van der Waals surface area contributed by atoms with E-state index in [2.05, 4.69) is 25.8 Å². The molecule has 31 heavy (non-hydrogen) atoms. The van der Waals surface area contributed by atoms with Crippen LogP contribution in [-0.2, 0) is 9.59 Å². The van der Waals surface area contributed by atoms with Gasteiger partial charge in [0.05, 0.1) is 10.9 Å². The number of thioether (sulfide) groups is 1. The summed E-state index contributed by atoms with van der Waals surface area (Å²) in [6.07, 6.45) is 0.467. The van der Waals surface area contributed by atoms with E-state index in [-0.39, 0.29) is 22.7 Å². The lowest BCUT2D eigenvalue weighted by Gasteiger charge is -2.14. The molecule has 3 aromatic rings. The number of aromatic nitrogens is 3. The van der Waals surface area contributed by atoms with Gasteiger partial charge < -0.3 is 10.6 Å². The fourth-order valence-electron chi connectivity index (χ4n) is 2.75. The Balaban J connectivity index is 1.78. The first-order chi connectivity index (χ1) is 14.9. The highest BCUT2D eigenvalue weighted by Gasteiger charge is 2.21. The van der Waals surface area contributed by atoms with Crippen molar-refractivity contribution < 1.29 is 14.0 Å². The predicted molar refractivity (Wildman–Crippen MR) is 117 cm³/mol. The first-order valence-corrected chi connectivity index (χ1v) is 10.3. The van der Waals surface area contributed by atoms with Crippen LogP contribution in [0.5, 0.6) is 0 Å². The number of anilines is 2. The van der Waals surface area contributed by atoms with E-state index in [0.29, 0.717) is 23.4 Å². The van der Waals surface area contributed by atoms with Gasteiger partial charge in [0.1, 0.15) is 5.82 Å². The molecule has 0 aliphatic heterocycles. The third kappa shape index (κ3) is 5.76. The van der Waals surface area contributed by atoms with Crippen molar-refractivity contribution in [3.63, 3.8) is 0 Å². The molecular weight excluding hydrogens is 421 g/mol. The number of hydrogen-bond acceptors (Lipinski definition) is 6. The van der Waals surface area contributed by atoms with Gasteiger partial charge in [0.25, 0.3) is 5.56 Å². The van der Waals surface area contributed by atoms with Crippen LogP contribution in [-0.4, -0.2) is 32.2 Å². The van der Waals surface area contributed by atoms with Crippen molar-refractivity contribution in [2.75, 3.05) is 10.6 Å². The highest BCUT2D eigenvalue weighted by Crippen LogP contribution is 2.26. The monoisotopic (exact) mass is 441 g/mol. The number of carbonyl (C=O) groups excluding carboxylic acids is 2. The van der Waals surface area contributed by atoms with Crippen LogP contribution in [0.3, 0.4) is 0 Å². The molecule has 0 bridgehead atoms. The molecule has 2 aromatic carbocycles. The quantitative estimate of drug-likeness (QED) is 0.484. The van der Waals surface area contributed by atoms with Gasteiger partial charge in [-0.1, -0.05) is 36.9 Å². The van der Waals surface area contributed by atoms with Crippen LogP contribution >= 0.6 is 11.8 Å². The number of nitrogens with one attached hydrogen (secondary N) is 3. The molecule has 3 N–H and O–H groups in total. The summed E-state index contributed by atoms with van der Waals surface area (Å²) in [7, 11) is 0. The third-order valence-corrected chi connectivity index (χ3v) is 5.44. The Morgan fingerprint density at radius 1 is 1.10 bits per heavy atom. The molecule has 10 heteroatoms. The number of rotatable bonds is 7. The summed E-state index contributed by atoms with van der Waals surface area (Å²) in [4.78, 5) is 39.2. The van der Waals surface area contributed by atoms with E-state index in [1.807, 2.05) is 6.92 Å². The first kappa shape index (κ1) is 22.2. The number of halogens is 1. The summed E-state index contributed by atoms with van der Waals surface area (Å²) in [5, 5.41) is 13.1. The van der Waals surface area contributed by atoms with E-state index in [1.165, 1.54) is 31.2 Å². The van der Waals surface area contributed by atoms with Crippen LogP contribution in [0.1, 0.15) is 20.3 Å². The van der Waals surface area contributed by atoms with E-state index in [0.717, 1.165) is 11.8 Å². The second kappa shape index (κ2) is 9.98. The minimum Gasteiger partial charge on any atom is -0.326 e. The van der Waals surface area contributed by atoms with Crippen LogP contribution in [0.2, 0.25) is 0 Å². The molecule has 0 aliphatic carbocycles. The summed E-state index contributed by atoms with van der Waals surface area (Å²) < 4.78 is 13.0. The number of amides is 2. The summed E-state index contributed by atoms with van der Waals surface area (Å²) in [5.74, 6) is -0.976. The maximum Gasteiger partial charge on any atom is 0.278 e. The van der Waals surface area contributed by atoms with E-state index in [9.17, 15) is 18.8 Å². The molecule has 160 valence electrons. The maximum absolute atomic E-state index is 13.0. The number of carbonyl (C=O) groups is 2. The number of para-hydroxylation sites is 1. The molecule has 1 atom stereocenters. The average molecular weight is 441 g/mol. The zero-order valence-corrected chi connectivity index (χ0v) is 17.6. The number of benzene rings is 2. The normalized spacial score (nSPS) is 11.6. The van der Waals surface area contributed by atoms with Crippen molar-refractivity contribution in [1.82, 2.24) is 15.2 Å². The van der Waals surface area contributed by atoms with E-state index >= 15 is 0 Å². The first-order valence-electron chi connectivity index (χ1n) is 9.44. The zero-order valence-electron chi connectivity index (χ0n) is 16.8. The highest BCUT2D eigenvalue weighted by atomic mass is 32.2. The number of nitrogens with zero attached hydrogens (tertiary/aromatic N) is 2. The van der Waals surface area contributed by atoms with E-state index in [1.54, 1.807) is 24.3 Å². The predicted octanol–water partition coefficient (Wildman–Crippen LogP) is 3.44. The zero-order chi connectivity index (χ0) is 22.4. The second-order valence-corrected chi connectivity index (χ2v) is 7.74. The number of aromatic amines is 1. The molecule has 3 rings (SSSR count). The maximum atomic E-state index is 13.0. The Morgan fingerprint density at radius 2 is 1.81 bits per heavy atom. The van der Waals surface area contributed by atoms with Crippen molar-refractivity contribution in [3.8, 4) is 11.3 Å². The van der Waals surface area contributed by atoms with Gasteiger partial charge in [0.15, 0.2) is 10.9 Å². The summed E-state index contributed by atoms with van der Waals surface area (Å²) >= 11 is 1.07. The smallest absolute Gasteiger partial charge is 0.278 e. The Morgan fingerprint density at radius 3 is 2.45 bits per heavy atom. The lowest BCUT2D eigenvalue weighted by molar-refractivity contribution is -0.116. The van der Waals surface area contributed by atoms with Crippen molar-refractivity contribution in [2.24, 2.45) is 0 Å². The summed E-state index contributed by atoms with van der Waals surface area (Å²) in [5.41, 5.74) is 0.904. The van der Waals surface area contributed by atoms with Crippen molar-refractivity contribution in [3.05, 3.63) is 64.7 Å². The molecular formula is C21H20FN5O3S. The molecule has 1 aromatic heterocycles. The fourth-order valence-corrected chi connectivity index (χ4v) is 3.59. The van der Waals surface area contributed by atoms with Crippen molar-refractivity contribution in [2.45, 2.75) is 30.7 Å². The van der Waals surface area contributed by atoms with Gasteiger partial charge in [-0.2, -0.15) is 0 Å². The van der Waals surface area contributed by atoms with Crippen molar-refractivity contribution >= 4 is 35.0 Å². The van der Waals surface area contributed by atoms with Gasteiger partial charge in [0.2, 0.25) is 11.8 Å². The van der Waals surface area contributed by atoms with Crippen molar-refractivity contribution in [1.29, 1.82) is 0 Å². The Hall–Kier alpha value is -3.53. The Labute approximate surface area is 181 Å². The minimum atomic E-state index is -0.549. The van der Waals surface area contributed by atoms with E-state index in [4.69, 9.17) is 0 Å². The van der Waals surface area contributed by atoms with Crippen LogP contribution in [0.25, 0.3) is 11.3 Å². The Kier molecular flexibility index (Phi) is 7.14. The minimum absolute atomic E-state index is 0.0533. The highest BCUT2D eigenvalue weighted by molar-refractivity contribution is 8.00. The molecule has 0 saturated carbocycles.